The second-order valence-electron chi connectivity index (χ2n) is 7.03. The van der Waals surface area contributed by atoms with Gasteiger partial charge in [0.25, 0.3) is 5.56 Å². The van der Waals surface area contributed by atoms with Crippen LogP contribution in [0.25, 0.3) is 27.7 Å². The number of nitrogens with zero attached hydrogens (tertiary/aromatic N) is 4. The number of hydrogen-bond donors (Lipinski definition) is 1. The van der Waals surface area contributed by atoms with Crippen molar-refractivity contribution in [3.63, 3.8) is 0 Å². The summed E-state index contributed by atoms with van der Waals surface area (Å²) in [6.07, 6.45) is 5.36. The summed E-state index contributed by atoms with van der Waals surface area (Å²) in [5.41, 5.74) is 10.4. The molecule has 1 aromatic carbocycles. The first-order valence-corrected chi connectivity index (χ1v) is 8.86. The average molecular weight is 345 g/mol. The van der Waals surface area contributed by atoms with Crippen LogP contribution < -0.4 is 11.3 Å². The highest BCUT2D eigenvalue weighted by molar-refractivity contribution is 5.85. The molecule has 4 aromatic rings. The van der Waals surface area contributed by atoms with Gasteiger partial charge in [0.05, 0.1) is 16.6 Å². The molecule has 5 rings (SSSR count). The summed E-state index contributed by atoms with van der Waals surface area (Å²) >= 11 is 0. The molecule has 26 heavy (non-hydrogen) atoms. The number of nitrogens with two attached hydrogens (primary N) is 1. The predicted octanol–water partition coefficient (Wildman–Crippen LogP) is 3.10. The van der Waals surface area contributed by atoms with Gasteiger partial charge in [-0.25, -0.2) is 9.50 Å². The van der Waals surface area contributed by atoms with E-state index in [0.29, 0.717) is 17.1 Å². The maximum atomic E-state index is 12.8. The van der Waals surface area contributed by atoms with Crippen LogP contribution in [0.1, 0.15) is 30.9 Å². The maximum absolute atomic E-state index is 12.8. The molecule has 3 heterocycles. The molecule has 0 bridgehead atoms. The third-order valence-corrected chi connectivity index (χ3v) is 5.46. The fraction of sp³-hybridized carbons (Fsp3) is 0.250. The first-order valence-electron chi connectivity index (χ1n) is 8.86. The molecule has 1 aliphatic carbocycles. The van der Waals surface area contributed by atoms with Crippen LogP contribution in [0.4, 0.5) is 5.82 Å². The topological polar surface area (TPSA) is 78.2 Å². The molecule has 0 amide bonds. The molecule has 1 aliphatic rings. The quantitative estimate of drug-likeness (QED) is 0.605. The number of aromatic nitrogens is 4. The summed E-state index contributed by atoms with van der Waals surface area (Å²) in [7, 11) is 1.81. The third-order valence-electron chi connectivity index (χ3n) is 5.46. The lowest BCUT2D eigenvalue weighted by Gasteiger charge is -2.22. The average Bonchev–Trinajstić information content (AvgIpc) is 3.03. The maximum Gasteiger partial charge on any atom is 0.261 e. The molecule has 0 unspecified atom stereocenters. The lowest BCUT2D eigenvalue weighted by molar-refractivity contribution is 0.410. The van der Waals surface area contributed by atoms with Gasteiger partial charge < -0.3 is 5.73 Å². The minimum Gasteiger partial charge on any atom is -0.384 e. The number of nitrogen functional groups attached to an aromatic ring is 1. The number of benzene rings is 1. The van der Waals surface area contributed by atoms with Crippen molar-refractivity contribution in [3.8, 4) is 11.1 Å². The number of rotatable bonds is 2. The van der Waals surface area contributed by atoms with E-state index in [1.54, 1.807) is 23.9 Å². The lowest BCUT2D eigenvalue weighted by Crippen LogP contribution is -2.19. The summed E-state index contributed by atoms with van der Waals surface area (Å²) in [4.78, 5) is 17.0. The number of fused-ring (bicyclic) bond motifs is 3. The summed E-state index contributed by atoms with van der Waals surface area (Å²) in [6, 6.07) is 11.6. The second-order valence-corrected chi connectivity index (χ2v) is 7.03. The Morgan fingerprint density at radius 1 is 1.12 bits per heavy atom. The number of pyridine rings is 1. The van der Waals surface area contributed by atoms with Gasteiger partial charge in [-0.3, -0.25) is 9.36 Å². The minimum absolute atomic E-state index is 0.00506. The Kier molecular flexibility index (Phi) is 3.16. The fourth-order valence-electron chi connectivity index (χ4n) is 3.64. The van der Waals surface area contributed by atoms with E-state index in [1.807, 2.05) is 28.8 Å². The molecule has 1 saturated carbocycles. The van der Waals surface area contributed by atoms with E-state index in [-0.39, 0.29) is 5.56 Å². The summed E-state index contributed by atoms with van der Waals surface area (Å²) in [5.74, 6) is 1.01. The van der Waals surface area contributed by atoms with E-state index in [0.717, 1.165) is 28.0 Å². The van der Waals surface area contributed by atoms with Gasteiger partial charge in [-0.1, -0.05) is 12.5 Å². The Morgan fingerprint density at radius 2 is 1.92 bits per heavy atom. The first kappa shape index (κ1) is 15.1. The Labute approximate surface area is 149 Å². The van der Waals surface area contributed by atoms with Gasteiger partial charge in [0.2, 0.25) is 0 Å². The van der Waals surface area contributed by atoms with Crippen LogP contribution in [0, 0.1) is 0 Å². The van der Waals surface area contributed by atoms with Crippen LogP contribution in [0.3, 0.4) is 0 Å². The number of hydrogen-bond acceptors (Lipinski definition) is 4. The van der Waals surface area contributed by atoms with Gasteiger partial charge in [0.15, 0.2) is 0 Å². The van der Waals surface area contributed by atoms with E-state index < -0.39 is 0 Å². The van der Waals surface area contributed by atoms with Crippen LogP contribution in [-0.4, -0.2) is 19.2 Å². The third kappa shape index (κ3) is 2.15. The Hall–Kier alpha value is -3.15. The van der Waals surface area contributed by atoms with E-state index in [4.69, 9.17) is 10.8 Å². The van der Waals surface area contributed by atoms with E-state index in [2.05, 4.69) is 11.1 Å². The van der Waals surface area contributed by atoms with Crippen LogP contribution in [-0.2, 0) is 7.05 Å². The molecule has 6 heteroatoms. The Bertz CT molecular complexity index is 1200. The standard InChI is InChI=1S/C20H19N5O/c1-24-19-10-16(12-3-2-4-12)23-25(19)17-9-13(5-7-15(17)20(24)26)14-6-8-18(21)22-11-14/h5-12H,2-4H2,1H3,(H2,21,22). The first-order chi connectivity index (χ1) is 12.6. The smallest absolute Gasteiger partial charge is 0.261 e. The lowest BCUT2D eigenvalue weighted by atomic mass is 9.83. The molecule has 3 aromatic heterocycles. The van der Waals surface area contributed by atoms with Gasteiger partial charge in [-0.05, 0) is 42.7 Å². The van der Waals surface area contributed by atoms with Crippen molar-refractivity contribution in [2.75, 3.05) is 5.73 Å². The van der Waals surface area contributed by atoms with Crippen molar-refractivity contribution >= 4 is 22.4 Å². The molecular weight excluding hydrogens is 326 g/mol. The van der Waals surface area contributed by atoms with Crippen molar-refractivity contribution < 1.29 is 0 Å². The highest BCUT2D eigenvalue weighted by atomic mass is 16.1. The zero-order chi connectivity index (χ0) is 17.8. The predicted molar refractivity (Wildman–Crippen MR) is 102 cm³/mol. The van der Waals surface area contributed by atoms with Crippen LogP contribution in [0.2, 0.25) is 0 Å². The molecule has 1 fully saturated rings. The second kappa shape index (κ2) is 5.42. The Balaban J connectivity index is 1.78. The van der Waals surface area contributed by atoms with Gasteiger partial charge in [-0.2, -0.15) is 5.10 Å². The zero-order valence-electron chi connectivity index (χ0n) is 14.5. The molecule has 0 saturated heterocycles. The van der Waals surface area contributed by atoms with E-state index >= 15 is 0 Å². The molecule has 2 N–H and O–H groups in total. The zero-order valence-corrected chi connectivity index (χ0v) is 14.5. The van der Waals surface area contributed by atoms with Gasteiger partial charge >= 0.3 is 0 Å². The summed E-state index contributed by atoms with van der Waals surface area (Å²) in [5, 5.41) is 5.50. The Morgan fingerprint density at radius 3 is 2.62 bits per heavy atom. The van der Waals surface area contributed by atoms with Crippen LogP contribution >= 0.6 is 0 Å². The highest BCUT2D eigenvalue weighted by Crippen LogP contribution is 2.36. The highest BCUT2D eigenvalue weighted by Gasteiger charge is 2.23. The monoisotopic (exact) mass is 345 g/mol. The molecule has 6 nitrogen and oxygen atoms in total. The fourth-order valence-corrected chi connectivity index (χ4v) is 3.64. The number of anilines is 1. The number of aryl methyl sites for hydroxylation is 1. The van der Waals surface area contributed by atoms with Gasteiger partial charge in [0.1, 0.15) is 11.5 Å². The van der Waals surface area contributed by atoms with Crippen molar-refractivity contribution in [2.45, 2.75) is 25.2 Å². The molecule has 0 aliphatic heterocycles. The largest absolute Gasteiger partial charge is 0.384 e. The van der Waals surface area contributed by atoms with Gasteiger partial charge in [-0.15, -0.1) is 0 Å². The van der Waals surface area contributed by atoms with Crippen molar-refractivity contribution in [3.05, 3.63) is 58.6 Å². The summed E-state index contributed by atoms with van der Waals surface area (Å²) in [6.45, 7) is 0. The van der Waals surface area contributed by atoms with Gasteiger partial charge in [0, 0.05) is 30.8 Å². The normalized spacial score (nSPS) is 14.8. The van der Waals surface area contributed by atoms with Crippen LogP contribution in [0.5, 0.6) is 0 Å². The van der Waals surface area contributed by atoms with E-state index in [9.17, 15) is 4.79 Å². The molecule has 0 atom stereocenters. The van der Waals surface area contributed by atoms with Crippen molar-refractivity contribution in [2.24, 2.45) is 7.05 Å². The van der Waals surface area contributed by atoms with E-state index in [1.165, 1.54) is 19.3 Å². The summed E-state index contributed by atoms with van der Waals surface area (Å²) < 4.78 is 3.58. The molecule has 130 valence electrons. The minimum atomic E-state index is -0.00506. The molecular formula is C20H19N5O. The SMILES string of the molecule is Cn1c(=O)c2ccc(-c3ccc(N)nc3)cc2n2nc(C3CCC3)cc12. The molecule has 0 radical (unpaired) electrons. The molecule has 0 spiro atoms. The van der Waals surface area contributed by atoms with Crippen molar-refractivity contribution in [1.82, 2.24) is 19.2 Å². The van der Waals surface area contributed by atoms with Crippen molar-refractivity contribution in [1.29, 1.82) is 0 Å². The van der Waals surface area contributed by atoms with Crippen LogP contribution in [0.15, 0.2) is 47.4 Å².